The van der Waals surface area contributed by atoms with Crippen molar-refractivity contribution >= 4 is 126 Å². The number of aromatic nitrogens is 5. The Morgan fingerprint density at radius 3 is 1.63 bits per heavy atom. The van der Waals surface area contributed by atoms with Gasteiger partial charge < -0.3 is 37.0 Å². The zero-order chi connectivity index (χ0) is 76.0. The molecule has 103 heavy (non-hydrogen) atoms. The number of amides is 2. The average Bonchev–Trinajstić information content (AvgIpc) is 0.774. The van der Waals surface area contributed by atoms with Crippen molar-refractivity contribution < 1.29 is 98.2 Å². The summed E-state index contributed by atoms with van der Waals surface area (Å²) in [5, 5.41) is 66.1. The molecular weight excluding hydrogens is 1470 g/mol. The van der Waals surface area contributed by atoms with Gasteiger partial charge >= 0.3 is 26.9 Å². The predicted molar refractivity (Wildman–Crippen MR) is 357 cm³/mol. The SMILES string of the molecule is Cc1ccc(C=O)c(N=N/C(=N\Nc2cc(S(=O)(=O)O)cc(Nc3nc(F)nc(N(CCn4c(O)c(C(N)=O)c(C)c(N=Nc5ccc(S(=O)(=O)COS(=O)(=O)O)cc5C)c4=O)Cn4c(O)c(C(N)=O)c(C)c(N=Nc5ccc(S(=O)(=O)COS(=O)(=O)O)cc5C)c4=O)n3)c2O)c2ccccc2)c1. The minimum Gasteiger partial charge on any atom is -0.504 e. The second-order valence-corrected chi connectivity index (χ2v) is 29.0. The van der Waals surface area contributed by atoms with E-state index in [1.54, 1.807) is 37.3 Å². The van der Waals surface area contributed by atoms with E-state index in [2.05, 4.69) is 69.8 Å². The van der Waals surface area contributed by atoms with Crippen LogP contribution in [0.15, 0.2) is 157 Å². The van der Waals surface area contributed by atoms with Crippen molar-refractivity contribution in [2.45, 2.75) is 62.5 Å². The van der Waals surface area contributed by atoms with E-state index in [1.807, 2.05) is 0 Å². The standard InChI is InChI=1S/C57H54FN17O23S5/c1-28-11-12-34(24-76)40(19-28)67-71-50(33-9-7-6-8-10-33)72-68-42-23-37(101(88,89)90)22-41(47(42)77)61-56-62-55(58)63-57(64-56)73(25-75-52(81)44(49(60)79)32(5)46(54(75)83)70-66-39-16-14-36(21-30(39)3)100(86,87)27-98-103(94,95)96)17-18-74-51(80)43(48(59)78)31(4)45(53(74)82)69-65-38-15-13-35(20-29(38)2)99(84,85)26-97-102(91,92)93/h6-16,19-24,68,77,80-81H,17-18,25-27H2,1-5H3,(H2,59,78)(H2,60,79)(H,88,89,90)(H,91,92,93)(H,94,95,96)(H,61,62,63,64)/b69-65?,70-66?,71-67?,72-50-. The number of phenolic OH excluding ortho intramolecular Hbond substituents is 1. The van der Waals surface area contributed by atoms with Crippen LogP contribution >= 0.6 is 0 Å². The molecule has 0 saturated carbocycles. The van der Waals surface area contributed by atoms with E-state index in [0.29, 0.717) is 33.1 Å². The van der Waals surface area contributed by atoms with Crippen LogP contribution in [0.2, 0.25) is 0 Å². The molecule has 0 saturated heterocycles. The number of amidine groups is 1. The normalized spacial score (nSPS) is 12.5. The van der Waals surface area contributed by atoms with E-state index < -0.39 is 200 Å². The van der Waals surface area contributed by atoms with Crippen LogP contribution in [0, 0.1) is 40.7 Å². The molecule has 0 aliphatic carbocycles. The maximum absolute atomic E-state index is 16.3. The molecule has 0 bridgehead atoms. The second kappa shape index (κ2) is 30.7. The van der Waals surface area contributed by atoms with Crippen molar-refractivity contribution in [3.05, 3.63) is 174 Å². The van der Waals surface area contributed by atoms with Crippen LogP contribution in [0.1, 0.15) is 64.5 Å². The number of nitrogens with one attached hydrogen (secondary N) is 2. The Kier molecular flexibility index (Phi) is 23.0. The number of benzene rings is 5. The summed E-state index contributed by atoms with van der Waals surface area (Å²) in [6.45, 7) is 3.39. The molecule has 5 aromatic carbocycles. The van der Waals surface area contributed by atoms with Gasteiger partial charge in [-0.05, 0) is 112 Å². The van der Waals surface area contributed by atoms with Gasteiger partial charge in [-0.25, -0.2) is 25.2 Å². The number of primary amides is 2. The van der Waals surface area contributed by atoms with Gasteiger partial charge in [-0.2, -0.15) is 59.9 Å². The Hall–Kier alpha value is -11.6. The maximum Gasteiger partial charge on any atom is 0.398 e. The van der Waals surface area contributed by atoms with Crippen LogP contribution in [0.3, 0.4) is 0 Å². The van der Waals surface area contributed by atoms with Gasteiger partial charge in [-0.15, -0.1) is 20.5 Å². The third-order valence-electron chi connectivity index (χ3n) is 14.4. The first-order chi connectivity index (χ1) is 48.1. The zero-order valence-corrected chi connectivity index (χ0v) is 57.4. The summed E-state index contributed by atoms with van der Waals surface area (Å²) in [7, 11) is -24.8. The lowest BCUT2D eigenvalue weighted by atomic mass is 10.1. The number of carbonyl (C=O) groups excluding carboxylic acids is 3. The summed E-state index contributed by atoms with van der Waals surface area (Å²) in [5.74, 6) is -11.4. The number of aryl methyl sites for hydroxylation is 3. The molecule has 0 radical (unpaired) electrons. The first kappa shape index (κ1) is 77.1. The van der Waals surface area contributed by atoms with Crippen molar-refractivity contribution in [2.75, 3.05) is 34.1 Å². The van der Waals surface area contributed by atoms with Gasteiger partial charge in [0.05, 0.1) is 37.4 Å². The number of hydrogen-bond donors (Lipinski definition) is 10. The molecule has 0 aliphatic heterocycles. The molecule has 0 aliphatic rings. The number of phenols is 1. The number of azo groups is 3. The Labute approximate surface area is 580 Å². The number of rotatable bonds is 28. The highest BCUT2D eigenvalue weighted by molar-refractivity contribution is 7.92. The molecule has 0 spiro atoms. The summed E-state index contributed by atoms with van der Waals surface area (Å²) in [4.78, 5) is 77.7. The van der Waals surface area contributed by atoms with Gasteiger partial charge in [0.25, 0.3) is 33.1 Å². The Bertz CT molecular complexity index is 5670. The highest BCUT2D eigenvalue weighted by Gasteiger charge is 2.30. The van der Waals surface area contributed by atoms with Crippen molar-refractivity contribution in [3.63, 3.8) is 0 Å². The number of hydrazone groups is 1. The molecule has 8 rings (SSSR count). The number of anilines is 4. The van der Waals surface area contributed by atoms with Crippen LogP contribution in [0.25, 0.3) is 0 Å². The van der Waals surface area contributed by atoms with Crippen LogP contribution in [0.4, 0.5) is 56.1 Å². The Morgan fingerprint density at radius 1 is 0.621 bits per heavy atom. The van der Waals surface area contributed by atoms with Crippen molar-refractivity contribution in [1.29, 1.82) is 0 Å². The van der Waals surface area contributed by atoms with Gasteiger partial charge in [0.2, 0.25) is 49.2 Å². The monoisotopic (exact) mass is 1520 g/mol. The van der Waals surface area contributed by atoms with E-state index in [9.17, 15) is 85.9 Å². The third-order valence-corrected chi connectivity index (χ3v) is 19.1. The molecule has 0 unspecified atom stereocenters. The predicted octanol–water partition coefficient (Wildman–Crippen LogP) is 5.65. The van der Waals surface area contributed by atoms with Crippen LogP contribution in [0.5, 0.6) is 17.5 Å². The second-order valence-electron chi connectivity index (χ2n) is 21.5. The number of nitrogens with zero attached hydrogens (tertiary/aromatic N) is 13. The number of nitrogens with two attached hydrogens (primary N) is 2. The van der Waals surface area contributed by atoms with Gasteiger partial charge in [-0.1, -0.05) is 36.4 Å². The number of carbonyl (C=O) groups is 3. The number of hydrogen-bond acceptors (Lipinski definition) is 32. The smallest absolute Gasteiger partial charge is 0.398 e. The van der Waals surface area contributed by atoms with Crippen LogP contribution in [-0.2, 0) is 72.2 Å². The maximum atomic E-state index is 16.3. The summed E-state index contributed by atoms with van der Waals surface area (Å²) in [6, 6.07) is 19.8. The fourth-order valence-corrected chi connectivity index (χ4v) is 13.3. The van der Waals surface area contributed by atoms with Gasteiger partial charge in [-0.3, -0.25) is 52.2 Å². The lowest BCUT2D eigenvalue weighted by molar-refractivity contribution is 0.0986. The minimum atomic E-state index is -5.26. The largest absolute Gasteiger partial charge is 0.504 e. The fraction of sp³-hybridized carbons (Fsp3) is 0.175. The number of halogens is 1. The fourth-order valence-electron chi connectivity index (χ4n) is 9.24. The van der Waals surface area contributed by atoms with E-state index in [4.69, 9.17) is 20.6 Å². The molecule has 3 aromatic heterocycles. The van der Waals surface area contributed by atoms with Crippen LogP contribution < -0.4 is 38.2 Å². The lowest BCUT2D eigenvalue weighted by Gasteiger charge is -2.26. The third kappa shape index (κ3) is 18.7. The summed E-state index contributed by atoms with van der Waals surface area (Å²) in [5.41, 5.74) is 6.69. The molecule has 542 valence electrons. The molecule has 0 fully saturated rings. The van der Waals surface area contributed by atoms with Crippen molar-refractivity contribution in [2.24, 2.45) is 47.3 Å². The summed E-state index contributed by atoms with van der Waals surface area (Å²) >= 11 is 0. The molecular formula is C57H54FN17O23S5. The van der Waals surface area contributed by atoms with E-state index in [0.717, 1.165) is 55.1 Å². The molecule has 46 heteroatoms. The van der Waals surface area contributed by atoms with Gasteiger partial charge in [0.15, 0.2) is 35.3 Å². The Balaban J connectivity index is 1.26. The molecule has 12 N–H and O–H groups in total. The minimum absolute atomic E-state index is 0.00937. The summed E-state index contributed by atoms with van der Waals surface area (Å²) in [6.07, 6.45) is -1.22. The van der Waals surface area contributed by atoms with Crippen LogP contribution in [-0.4, -0.2) is 138 Å². The van der Waals surface area contributed by atoms with E-state index >= 15 is 4.39 Å². The van der Waals surface area contributed by atoms with Gasteiger partial charge in [0, 0.05) is 35.3 Å². The highest BCUT2D eigenvalue weighted by Crippen LogP contribution is 2.38. The zero-order valence-electron chi connectivity index (χ0n) is 53.4. The van der Waals surface area contributed by atoms with E-state index in [-0.39, 0.29) is 45.2 Å². The first-order valence-corrected chi connectivity index (χ1v) is 36.0. The molecule has 40 nitrogen and oxygen atoms in total. The molecule has 3 heterocycles. The lowest BCUT2D eigenvalue weighted by Crippen LogP contribution is -2.38. The molecule has 0 atom stereocenters. The summed E-state index contributed by atoms with van der Waals surface area (Å²) < 4.78 is 175. The first-order valence-electron chi connectivity index (χ1n) is 28.5. The topological polar surface area (TPSA) is 610 Å². The molecule has 2 amide bonds. The van der Waals surface area contributed by atoms with Gasteiger partial charge in [0.1, 0.15) is 23.5 Å². The quantitative estimate of drug-likeness (QED) is 0.00539. The molecule has 8 aromatic rings. The average molecular weight is 1520 g/mol. The number of aldehydes is 1. The number of aromatic hydroxyl groups is 3. The van der Waals surface area contributed by atoms with Crippen molar-refractivity contribution in [1.82, 2.24) is 24.1 Å². The highest BCUT2D eigenvalue weighted by atomic mass is 32.3. The van der Waals surface area contributed by atoms with E-state index in [1.165, 1.54) is 32.0 Å². The Morgan fingerprint density at radius 2 is 1.14 bits per heavy atom. The number of pyridine rings is 2. The van der Waals surface area contributed by atoms with Crippen molar-refractivity contribution in [3.8, 4) is 17.5 Å². The number of sulfone groups is 2.